The highest BCUT2D eigenvalue weighted by atomic mass is 16.5. The summed E-state index contributed by atoms with van der Waals surface area (Å²) in [4.78, 5) is 10.9. The van der Waals surface area contributed by atoms with Crippen LogP contribution in [0.3, 0.4) is 0 Å². The Morgan fingerprint density at radius 3 is 3.10 bits per heavy atom. The van der Waals surface area contributed by atoms with Crippen molar-refractivity contribution in [2.24, 2.45) is 0 Å². The summed E-state index contributed by atoms with van der Waals surface area (Å²) in [5.41, 5.74) is 0. The van der Waals surface area contributed by atoms with E-state index in [0.717, 1.165) is 19.4 Å². The first kappa shape index (κ1) is 7.28. The van der Waals surface area contributed by atoms with E-state index in [1.54, 1.807) is 0 Å². The van der Waals surface area contributed by atoms with Crippen molar-refractivity contribution in [3.63, 3.8) is 0 Å². The molecule has 1 atom stereocenters. The van der Waals surface area contributed by atoms with Crippen LogP contribution in [0.15, 0.2) is 12.8 Å². The molecule has 1 aliphatic rings. The minimum Gasteiger partial charge on any atom is -0.434 e. The van der Waals surface area contributed by atoms with Crippen LogP contribution < -0.4 is 5.32 Å². The summed E-state index contributed by atoms with van der Waals surface area (Å²) < 4.78 is 4.59. The van der Waals surface area contributed by atoms with Crippen molar-refractivity contribution < 1.29 is 9.53 Å². The summed E-state index contributed by atoms with van der Waals surface area (Å²) in [6.45, 7) is 4.21. The second kappa shape index (κ2) is 3.37. The highest BCUT2D eigenvalue weighted by Crippen LogP contribution is 2.05. The molecule has 1 saturated heterocycles. The molecule has 0 aromatic rings. The summed E-state index contributed by atoms with van der Waals surface area (Å²) in [5, 5.41) is 3.02. The highest BCUT2D eigenvalue weighted by molar-refractivity contribution is 5.76. The Hall–Kier alpha value is -0.830. The monoisotopic (exact) mass is 141 g/mol. The van der Waals surface area contributed by atoms with Crippen LogP contribution in [0.1, 0.15) is 12.8 Å². The van der Waals surface area contributed by atoms with E-state index >= 15 is 0 Å². The average Bonchev–Trinajstić information content (AvgIpc) is 2.38. The van der Waals surface area contributed by atoms with Gasteiger partial charge in [-0.3, -0.25) is 0 Å². The van der Waals surface area contributed by atoms with Gasteiger partial charge in [0.05, 0.1) is 6.26 Å². The van der Waals surface area contributed by atoms with Crippen LogP contribution in [0.2, 0.25) is 0 Å². The Morgan fingerprint density at radius 1 is 1.80 bits per heavy atom. The van der Waals surface area contributed by atoms with Crippen molar-refractivity contribution in [1.29, 1.82) is 0 Å². The van der Waals surface area contributed by atoms with E-state index in [1.807, 2.05) is 0 Å². The Balaban J connectivity index is 2.32. The Kier molecular flexibility index (Phi) is 2.45. The number of carbonyl (C=O) groups is 1. The molecule has 3 heteroatoms. The van der Waals surface area contributed by atoms with Crippen LogP contribution in [0, 0.1) is 0 Å². The van der Waals surface area contributed by atoms with E-state index in [0.29, 0.717) is 0 Å². The number of esters is 1. The van der Waals surface area contributed by atoms with Crippen molar-refractivity contribution >= 4 is 5.97 Å². The molecule has 56 valence electrons. The third-order valence-electron chi connectivity index (χ3n) is 1.54. The van der Waals surface area contributed by atoms with Gasteiger partial charge >= 0.3 is 5.97 Å². The maximum absolute atomic E-state index is 10.9. The molecule has 0 radical (unpaired) electrons. The topological polar surface area (TPSA) is 38.3 Å². The van der Waals surface area contributed by atoms with Crippen LogP contribution in [0.4, 0.5) is 0 Å². The first-order chi connectivity index (χ1) is 4.84. The fourth-order valence-corrected chi connectivity index (χ4v) is 1.05. The Labute approximate surface area is 60.1 Å². The molecule has 1 aliphatic heterocycles. The fraction of sp³-hybridized carbons (Fsp3) is 0.571. The van der Waals surface area contributed by atoms with Gasteiger partial charge in [0.15, 0.2) is 0 Å². The van der Waals surface area contributed by atoms with Gasteiger partial charge in [0.2, 0.25) is 0 Å². The van der Waals surface area contributed by atoms with Crippen LogP contribution >= 0.6 is 0 Å². The van der Waals surface area contributed by atoms with Gasteiger partial charge in [-0.15, -0.1) is 0 Å². The number of carbonyl (C=O) groups excluding carboxylic acids is 1. The van der Waals surface area contributed by atoms with Gasteiger partial charge < -0.3 is 10.1 Å². The molecule has 1 rings (SSSR count). The third-order valence-corrected chi connectivity index (χ3v) is 1.54. The van der Waals surface area contributed by atoms with Gasteiger partial charge in [0, 0.05) is 0 Å². The lowest BCUT2D eigenvalue weighted by Gasteiger charge is -2.05. The molecule has 0 amide bonds. The summed E-state index contributed by atoms with van der Waals surface area (Å²) in [7, 11) is 0. The van der Waals surface area contributed by atoms with Crippen molar-refractivity contribution in [3.05, 3.63) is 12.8 Å². The lowest BCUT2D eigenvalue weighted by molar-refractivity contribution is -0.139. The minimum absolute atomic E-state index is 0.0991. The van der Waals surface area contributed by atoms with Crippen LogP contribution in [0.25, 0.3) is 0 Å². The second-order valence-corrected chi connectivity index (χ2v) is 2.25. The molecule has 0 aromatic heterocycles. The van der Waals surface area contributed by atoms with E-state index in [-0.39, 0.29) is 12.0 Å². The maximum atomic E-state index is 10.9. The predicted octanol–water partition coefficient (Wildman–Crippen LogP) is 0.425. The summed E-state index contributed by atoms with van der Waals surface area (Å²) >= 11 is 0. The van der Waals surface area contributed by atoms with Gasteiger partial charge in [-0.2, -0.15) is 0 Å². The number of hydrogen-bond donors (Lipinski definition) is 1. The Bertz CT molecular complexity index is 139. The van der Waals surface area contributed by atoms with Crippen LogP contribution in [0.5, 0.6) is 0 Å². The lowest BCUT2D eigenvalue weighted by atomic mass is 10.2. The highest BCUT2D eigenvalue weighted by Gasteiger charge is 2.22. The normalized spacial score (nSPS) is 24.2. The molecule has 1 heterocycles. The number of rotatable bonds is 2. The SMILES string of the molecule is C=COC(=O)[C@@H]1CCCN1. The largest absolute Gasteiger partial charge is 0.434 e. The van der Waals surface area contributed by atoms with Gasteiger partial charge in [-0.25, -0.2) is 4.79 Å². The van der Waals surface area contributed by atoms with Crippen molar-refractivity contribution in [2.45, 2.75) is 18.9 Å². The number of hydrogen-bond acceptors (Lipinski definition) is 3. The van der Waals surface area contributed by atoms with Crippen LogP contribution in [-0.4, -0.2) is 18.6 Å². The molecule has 0 unspecified atom stereocenters. The summed E-state index contributed by atoms with van der Waals surface area (Å²) in [6, 6.07) is -0.0991. The lowest BCUT2D eigenvalue weighted by Crippen LogP contribution is -2.31. The maximum Gasteiger partial charge on any atom is 0.327 e. The summed E-state index contributed by atoms with van der Waals surface area (Å²) in [5.74, 6) is -0.215. The molecule has 3 nitrogen and oxygen atoms in total. The van der Waals surface area contributed by atoms with Gasteiger partial charge in [0.25, 0.3) is 0 Å². The van der Waals surface area contributed by atoms with Crippen molar-refractivity contribution in [3.8, 4) is 0 Å². The average molecular weight is 141 g/mol. The quantitative estimate of drug-likeness (QED) is 0.447. The van der Waals surface area contributed by atoms with Crippen LogP contribution in [-0.2, 0) is 9.53 Å². The molecule has 0 saturated carbocycles. The van der Waals surface area contributed by atoms with E-state index in [4.69, 9.17) is 0 Å². The number of nitrogens with one attached hydrogen (secondary N) is 1. The molecule has 0 bridgehead atoms. The molecular weight excluding hydrogens is 130 g/mol. The standard InChI is InChI=1S/C7H11NO2/c1-2-10-7(9)6-4-3-5-8-6/h2,6,8H,1,3-5H2/t6-/m0/s1. The molecule has 10 heavy (non-hydrogen) atoms. The predicted molar refractivity (Wildman–Crippen MR) is 37.3 cm³/mol. The van der Waals surface area contributed by atoms with Crippen molar-refractivity contribution in [1.82, 2.24) is 5.32 Å². The zero-order valence-electron chi connectivity index (χ0n) is 5.80. The third kappa shape index (κ3) is 1.57. The molecular formula is C7H11NO2. The summed E-state index contributed by atoms with van der Waals surface area (Å²) in [6.07, 6.45) is 3.10. The number of ether oxygens (including phenoxy) is 1. The molecule has 0 spiro atoms. The van der Waals surface area contributed by atoms with Gasteiger partial charge in [0.1, 0.15) is 6.04 Å². The zero-order chi connectivity index (χ0) is 7.40. The smallest absolute Gasteiger partial charge is 0.327 e. The molecule has 1 N–H and O–H groups in total. The van der Waals surface area contributed by atoms with Gasteiger partial charge in [-0.05, 0) is 19.4 Å². The van der Waals surface area contributed by atoms with E-state index < -0.39 is 0 Å². The first-order valence-corrected chi connectivity index (χ1v) is 3.39. The first-order valence-electron chi connectivity index (χ1n) is 3.39. The van der Waals surface area contributed by atoms with E-state index in [2.05, 4.69) is 16.6 Å². The fourth-order valence-electron chi connectivity index (χ4n) is 1.05. The van der Waals surface area contributed by atoms with Gasteiger partial charge in [-0.1, -0.05) is 6.58 Å². The van der Waals surface area contributed by atoms with E-state index in [9.17, 15) is 4.79 Å². The van der Waals surface area contributed by atoms with E-state index in [1.165, 1.54) is 6.26 Å². The molecule has 0 aromatic carbocycles. The zero-order valence-corrected chi connectivity index (χ0v) is 5.80. The Morgan fingerprint density at radius 2 is 2.60 bits per heavy atom. The molecule has 1 fully saturated rings. The second-order valence-electron chi connectivity index (χ2n) is 2.25. The minimum atomic E-state index is -0.215. The van der Waals surface area contributed by atoms with Crippen molar-refractivity contribution in [2.75, 3.05) is 6.54 Å². The molecule has 0 aliphatic carbocycles.